The summed E-state index contributed by atoms with van der Waals surface area (Å²) in [7, 11) is 0.288. The van der Waals surface area contributed by atoms with E-state index in [2.05, 4.69) is 24.4 Å². The molecule has 0 saturated heterocycles. The molecule has 1 aliphatic rings. The van der Waals surface area contributed by atoms with Crippen LogP contribution in [0.2, 0.25) is 0 Å². The van der Waals surface area contributed by atoms with Gasteiger partial charge in [0, 0.05) is 44.1 Å². The SMILES string of the molecule is Cc1ccc(Nc2cccc3c2CCN(S(C)(=O)=O)C3)cc1-c1ccc(C(=O)N(C)C)cc1. The van der Waals surface area contributed by atoms with E-state index in [-0.39, 0.29) is 5.91 Å². The van der Waals surface area contributed by atoms with Crippen LogP contribution >= 0.6 is 0 Å². The van der Waals surface area contributed by atoms with E-state index in [0.717, 1.165) is 39.2 Å². The Balaban J connectivity index is 1.61. The van der Waals surface area contributed by atoms with Crippen molar-refractivity contribution >= 4 is 27.3 Å². The van der Waals surface area contributed by atoms with Crippen LogP contribution in [0.3, 0.4) is 0 Å². The van der Waals surface area contributed by atoms with Crippen molar-refractivity contribution in [1.29, 1.82) is 0 Å². The molecule has 0 radical (unpaired) electrons. The number of fused-ring (bicyclic) bond motifs is 1. The molecule has 1 aliphatic heterocycles. The Morgan fingerprint density at radius 2 is 1.76 bits per heavy atom. The lowest BCUT2D eigenvalue weighted by molar-refractivity contribution is 0.0827. The van der Waals surface area contributed by atoms with Gasteiger partial charge < -0.3 is 10.2 Å². The van der Waals surface area contributed by atoms with Crippen LogP contribution in [0, 0.1) is 6.92 Å². The van der Waals surface area contributed by atoms with Crippen LogP contribution in [0.25, 0.3) is 11.1 Å². The summed E-state index contributed by atoms with van der Waals surface area (Å²) in [6.45, 7) is 2.96. The lowest BCUT2D eigenvalue weighted by atomic mass is 9.97. The summed E-state index contributed by atoms with van der Waals surface area (Å²) < 4.78 is 25.4. The normalized spacial score (nSPS) is 13.9. The van der Waals surface area contributed by atoms with Crippen molar-refractivity contribution in [3.8, 4) is 11.1 Å². The average molecular weight is 464 g/mol. The number of sulfonamides is 1. The van der Waals surface area contributed by atoms with Gasteiger partial charge in [-0.3, -0.25) is 4.79 Å². The number of nitrogens with one attached hydrogen (secondary N) is 1. The van der Waals surface area contributed by atoms with Crippen molar-refractivity contribution in [3.63, 3.8) is 0 Å². The van der Waals surface area contributed by atoms with E-state index in [1.807, 2.05) is 48.5 Å². The highest BCUT2D eigenvalue weighted by atomic mass is 32.2. The van der Waals surface area contributed by atoms with E-state index in [1.165, 1.54) is 10.6 Å². The zero-order valence-electron chi connectivity index (χ0n) is 19.4. The molecule has 4 rings (SSSR count). The largest absolute Gasteiger partial charge is 0.355 e. The Morgan fingerprint density at radius 1 is 1.03 bits per heavy atom. The first kappa shape index (κ1) is 23.0. The van der Waals surface area contributed by atoms with Gasteiger partial charge in [0.2, 0.25) is 10.0 Å². The molecule has 0 unspecified atom stereocenters. The summed E-state index contributed by atoms with van der Waals surface area (Å²) in [5, 5.41) is 3.54. The fourth-order valence-corrected chi connectivity index (χ4v) is 5.00. The second kappa shape index (κ2) is 9.00. The van der Waals surface area contributed by atoms with Crippen LogP contribution in [0.4, 0.5) is 11.4 Å². The molecule has 1 heterocycles. The Morgan fingerprint density at radius 3 is 2.42 bits per heavy atom. The predicted molar refractivity (Wildman–Crippen MR) is 133 cm³/mol. The summed E-state index contributed by atoms with van der Waals surface area (Å²) >= 11 is 0. The Kier molecular flexibility index (Phi) is 6.28. The van der Waals surface area contributed by atoms with Crippen molar-refractivity contribution in [1.82, 2.24) is 9.21 Å². The number of rotatable bonds is 5. The highest BCUT2D eigenvalue weighted by Gasteiger charge is 2.24. The molecular formula is C26H29N3O3S. The molecule has 7 heteroatoms. The van der Waals surface area contributed by atoms with Gasteiger partial charge in [-0.1, -0.05) is 30.3 Å². The molecule has 0 spiro atoms. The number of benzene rings is 3. The molecule has 0 aliphatic carbocycles. The molecule has 0 aromatic heterocycles. The third kappa shape index (κ3) is 4.94. The molecule has 6 nitrogen and oxygen atoms in total. The number of nitrogens with zero attached hydrogens (tertiary/aromatic N) is 2. The molecule has 0 atom stereocenters. The monoisotopic (exact) mass is 463 g/mol. The molecule has 0 bridgehead atoms. The van der Waals surface area contributed by atoms with Crippen molar-refractivity contribution in [2.45, 2.75) is 19.9 Å². The maximum Gasteiger partial charge on any atom is 0.253 e. The minimum absolute atomic E-state index is 0.0167. The number of hydrogen-bond acceptors (Lipinski definition) is 4. The standard InChI is InChI=1S/C26H29N3O3S/c1-18-8-13-22(16-24(18)19-9-11-20(12-10-19)26(30)28(2)3)27-25-7-5-6-21-17-29(33(4,31)32)15-14-23(21)25/h5-13,16,27H,14-15,17H2,1-4H3. The number of amides is 1. The maximum absolute atomic E-state index is 12.2. The maximum atomic E-state index is 12.2. The van der Waals surface area contributed by atoms with E-state index < -0.39 is 10.0 Å². The van der Waals surface area contributed by atoms with E-state index in [1.54, 1.807) is 19.0 Å². The molecule has 3 aromatic carbocycles. The van der Waals surface area contributed by atoms with Crippen LogP contribution in [0.15, 0.2) is 60.7 Å². The Bertz CT molecular complexity index is 1300. The smallest absolute Gasteiger partial charge is 0.253 e. The number of carbonyl (C=O) groups is 1. The minimum Gasteiger partial charge on any atom is -0.355 e. The van der Waals surface area contributed by atoms with Gasteiger partial charge in [-0.15, -0.1) is 0 Å². The van der Waals surface area contributed by atoms with Gasteiger partial charge in [0.1, 0.15) is 0 Å². The second-order valence-corrected chi connectivity index (χ2v) is 10.7. The number of hydrogen-bond donors (Lipinski definition) is 1. The zero-order chi connectivity index (χ0) is 23.8. The highest BCUT2D eigenvalue weighted by Crippen LogP contribution is 2.32. The first-order valence-electron chi connectivity index (χ1n) is 10.9. The predicted octanol–water partition coefficient (Wildman–Crippen LogP) is 4.43. The summed E-state index contributed by atoms with van der Waals surface area (Å²) in [5.41, 5.74) is 8.10. The number of carbonyl (C=O) groups excluding carboxylic acids is 1. The molecule has 172 valence electrons. The molecule has 0 fully saturated rings. The fourth-order valence-electron chi connectivity index (χ4n) is 4.20. The van der Waals surface area contributed by atoms with Gasteiger partial charge in [-0.2, -0.15) is 4.31 Å². The van der Waals surface area contributed by atoms with Crippen molar-refractivity contribution in [2.75, 3.05) is 32.2 Å². The van der Waals surface area contributed by atoms with Crippen LogP contribution in [0.1, 0.15) is 27.0 Å². The van der Waals surface area contributed by atoms with E-state index in [9.17, 15) is 13.2 Å². The van der Waals surface area contributed by atoms with Gasteiger partial charge in [0.05, 0.1) is 6.26 Å². The van der Waals surface area contributed by atoms with Crippen LogP contribution < -0.4 is 5.32 Å². The van der Waals surface area contributed by atoms with E-state index in [0.29, 0.717) is 25.1 Å². The van der Waals surface area contributed by atoms with Gasteiger partial charge in [0.25, 0.3) is 5.91 Å². The second-order valence-electron chi connectivity index (χ2n) is 8.72. The minimum atomic E-state index is -3.21. The van der Waals surface area contributed by atoms with Gasteiger partial charge in [0.15, 0.2) is 0 Å². The number of aryl methyl sites for hydroxylation is 1. The summed E-state index contributed by atoms with van der Waals surface area (Å²) in [5.74, 6) is -0.0167. The molecule has 33 heavy (non-hydrogen) atoms. The van der Waals surface area contributed by atoms with Crippen LogP contribution in [-0.4, -0.2) is 50.4 Å². The molecule has 1 N–H and O–H groups in total. The first-order chi connectivity index (χ1) is 15.6. The third-order valence-electron chi connectivity index (χ3n) is 6.07. The van der Waals surface area contributed by atoms with Crippen molar-refractivity contribution in [2.24, 2.45) is 0 Å². The molecular weight excluding hydrogens is 434 g/mol. The highest BCUT2D eigenvalue weighted by molar-refractivity contribution is 7.88. The fraction of sp³-hybridized carbons (Fsp3) is 0.269. The third-order valence-corrected chi connectivity index (χ3v) is 7.32. The van der Waals surface area contributed by atoms with Gasteiger partial charge in [-0.05, 0) is 71.5 Å². The van der Waals surface area contributed by atoms with Crippen molar-refractivity contribution in [3.05, 3.63) is 82.9 Å². The summed E-state index contributed by atoms with van der Waals surface area (Å²) in [6, 6.07) is 19.9. The quantitative estimate of drug-likeness (QED) is 0.608. The lowest BCUT2D eigenvalue weighted by Crippen LogP contribution is -2.35. The number of anilines is 2. The zero-order valence-corrected chi connectivity index (χ0v) is 20.2. The summed E-state index contributed by atoms with van der Waals surface area (Å²) in [4.78, 5) is 13.8. The molecule has 1 amide bonds. The van der Waals surface area contributed by atoms with Crippen LogP contribution in [0.5, 0.6) is 0 Å². The van der Waals surface area contributed by atoms with E-state index >= 15 is 0 Å². The molecule has 3 aromatic rings. The Hall–Kier alpha value is -3.16. The lowest BCUT2D eigenvalue weighted by Gasteiger charge is -2.28. The van der Waals surface area contributed by atoms with Crippen LogP contribution in [-0.2, 0) is 23.0 Å². The average Bonchev–Trinajstić information content (AvgIpc) is 2.79. The molecule has 0 saturated carbocycles. The Labute approximate surface area is 195 Å². The van der Waals surface area contributed by atoms with Gasteiger partial charge >= 0.3 is 0 Å². The van der Waals surface area contributed by atoms with E-state index in [4.69, 9.17) is 0 Å². The van der Waals surface area contributed by atoms with Crippen molar-refractivity contribution < 1.29 is 13.2 Å². The topological polar surface area (TPSA) is 69.7 Å². The first-order valence-corrected chi connectivity index (χ1v) is 12.7. The summed E-state index contributed by atoms with van der Waals surface area (Å²) in [6.07, 6.45) is 1.93. The van der Waals surface area contributed by atoms with Gasteiger partial charge in [-0.25, -0.2) is 8.42 Å².